The molecule has 1 N–H and O–H groups in total. The highest BCUT2D eigenvalue weighted by Gasteiger charge is 2.19. The molecule has 0 saturated heterocycles. The van der Waals surface area contributed by atoms with Crippen molar-refractivity contribution in [2.24, 2.45) is 0 Å². The molecule has 0 aliphatic heterocycles. The number of hydrogen-bond donors (Lipinski definition) is 1. The van der Waals surface area contributed by atoms with Crippen molar-refractivity contribution in [1.29, 1.82) is 0 Å². The lowest BCUT2D eigenvalue weighted by Crippen LogP contribution is -2.03. The Hall–Kier alpha value is -1.91. The lowest BCUT2D eigenvalue weighted by Gasteiger charge is -2.13. The summed E-state index contributed by atoms with van der Waals surface area (Å²) in [4.78, 5) is 4.60. The average molecular weight is 264 g/mol. The van der Waals surface area contributed by atoms with E-state index in [1.165, 1.54) is 11.6 Å². The zero-order valence-corrected chi connectivity index (χ0v) is 10.5. The Bertz CT molecular complexity index is 628. The number of aromatic nitrogens is 1. The number of rotatable bonds is 3. The fraction of sp³-hybridized carbons (Fsp3) is 0.357. The molecule has 1 aromatic heterocycles. The number of pyridine rings is 1. The van der Waals surface area contributed by atoms with Gasteiger partial charge >= 0.3 is 6.61 Å². The van der Waals surface area contributed by atoms with Gasteiger partial charge in [-0.1, -0.05) is 0 Å². The molecule has 0 saturated carbocycles. The summed E-state index contributed by atoms with van der Waals surface area (Å²) >= 11 is 0. The highest BCUT2D eigenvalue weighted by Crippen LogP contribution is 2.35. The van der Waals surface area contributed by atoms with Crippen molar-refractivity contribution in [3.8, 4) is 5.75 Å². The summed E-state index contributed by atoms with van der Waals surface area (Å²) in [5, 5.41) is 4.00. The van der Waals surface area contributed by atoms with Crippen molar-refractivity contribution in [1.82, 2.24) is 4.98 Å². The molecular weight excluding hydrogens is 250 g/mol. The number of alkyl halides is 2. The molecule has 0 amide bonds. The minimum absolute atomic E-state index is 0.166. The van der Waals surface area contributed by atoms with Crippen LogP contribution in [0.15, 0.2) is 18.2 Å². The van der Waals surface area contributed by atoms with Gasteiger partial charge in [0.1, 0.15) is 5.75 Å². The second-order valence-electron chi connectivity index (χ2n) is 4.57. The van der Waals surface area contributed by atoms with Crippen LogP contribution in [0.3, 0.4) is 0 Å². The van der Waals surface area contributed by atoms with E-state index in [4.69, 9.17) is 0 Å². The van der Waals surface area contributed by atoms with Gasteiger partial charge in [-0.25, -0.2) is 0 Å². The topological polar surface area (TPSA) is 34.2 Å². The monoisotopic (exact) mass is 264 g/mol. The van der Waals surface area contributed by atoms with Crippen LogP contribution in [0.4, 0.5) is 14.5 Å². The van der Waals surface area contributed by atoms with Gasteiger partial charge < -0.3 is 10.1 Å². The first-order valence-electron chi connectivity index (χ1n) is 6.27. The molecule has 0 unspecified atom stereocenters. The first-order valence-corrected chi connectivity index (χ1v) is 6.27. The van der Waals surface area contributed by atoms with Crippen LogP contribution in [0.25, 0.3) is 10.9 Å². The van der Waals surface area contributed by atoms with Crippen LogP contribution in [-0.4, -0.2) is 18.6 Å². The quantitative estimate of drug-likeness (QED) is 0.923. The van der Waals surface area contributed by atoms with Gasteiger partial charge in [0.25, 0.3) is 0 Å². The van der Waals surface area contributed by atoms with Gasteiger partial charge in [-0.2, -0.15) is 8.78 Å². The van der Waals surface area contributed by atoms with Gasteiger partial charge in [0.05, 0.1) is 5.52 Å². The van der Waals surface area contributed by atoms with Crippen LogP contribution in [0.2, 0.25) is 0 Å². The number of anilines is 1. The minimum Gasteiger partial charge on any atom is -0.435 e. The van der Waals surface area contributed by atoms with Crippen molar-refractivity contribution in [3.63, 3.8) is 0 Å². The molecule has 0 radical (unpaired) electrons. The molecule has 0 bridgehead atoms. The maximum atomic E-state index is 12.3. The normalized spacial score (nSPS) is 13.9. The standard InChI is InChI=1S/C14H14F2N2O/c1-17-13-9-3-2-4-11(9)18-12-6-5-8(7-10(12)13)19-14(15)16/h5-7,14H,2-4H2,1H3,(H,17,18). The predicted octanol–water partition coefficient (Wildman–Crippen LogP) is 3.37. The number of halogens is 2. The second kappa shape index (κ2) is 4.64. The minimum atomic E-state index is -2.81. The summed E-state index contributed by atoms with van der Waals surface area (Å²) < 4.78 is 29.0. The van der Waals surface area contributed by atoms with E-state index in [-0.39, 0.29) is 5.75 Å². The molecule has 3 rings (SSSR count). The Morgan fingerprint density at radius 2 is 2.16 bits per heavy atom. The largest absolute Gasteiger partial charge is 0.435 e. The summed E-state index contributed by atoms with van der Waals surface area (Å²) in [6, 6.07) is 4.88. The van der Waals surface area contributed by atoms with E-state index in [0.29, 0.717) is 0 Å². The number of ether oxygens (including phenoxy) is 1. The number of benzene rings is 1. The molecule has 2 aromatic rings. The first-order chi connectivity index (χ1) is 9.19. The zero-order chi connectivity index (χ0) is 13.4. The van der Waals surface area contributed by atoms with Crippen molar-refractivity contribution in [2.75, 3.05) is 12.4 Å². The molecule has 1 aromatic carbocycles. The summed E-state index contributed by atoms with van der Waals surface area (Å²) in [5.41, 5.74) is 4.10. The molecule has 1 aliphatic carbocycles. The van der Waals surface area contributed by atoms with Crippen LogP contribution in [-0.2, 0) is 12.8 Å². The zero-order valence-electron chi connectivity index (χ0n) is 10.5. The fourth-order valence-corrected chi connectivity index (χ4v) is 2.70. The Morgan fingerprint density at radius 3 is 2.89 bits per heavy atom. The molecule has 19 heavy (non-hydrogen) atoms. The van der Waals surface area contributed by atoms with Crippen LogP contribution >= 0.6 is 0 Å². The molecule has 1 aliphatic rings. The summed E-state index contributed by atoms with van der Waals surface area (Å²) in [6.45, 7) is -2.81. The van der Waals surface area contributed by atoms with Gasteiger partial charge in [-0.3, -0.25) is 4.98 Å². The molecule has 100 valence electrons. The van der Waals surface area contributed by atoms with Gasteiger partial charge in [0, 0.05) is 23.8 Å². The second-order valence-corrected chi connectivity index (χ2v) is 4.57. The lowest BCUT2D eigenvalue weighted by molar-refractivity contribution is -0.0497. The number of fused-ring (bicyclic) bond motifs is 2. The molecule has 1 heterocycles. The van der Waals surface area contributed by atoms with E-state index >= 15 is 0 Å². The van der Waals surface area contributed by atoms with Crippen LogP contribution in [0, 0.1) is 0 Å². The maximum Gasteiger partial charge on any atom is 0.387 e. The van der Waals surface area contributed by atoms with Gasteiger partial charge in [-0.15, -0.1) is 0 Å². The van der Waals surface area contributed by atoms with E-state index in [1.807, 2.05) is 7.05 Å². The third kappa shape index (κ3) is 2.09. The van der Waals surface area contributed by atoms with Crippen LogP contribution in [0.1, 0.15) is 17.7 Å². The SMILES string of the molecule is CNc1c2c(nc3ccc(OC(F)F)cc13)CCC2. The number of nitrogens with one attached hydrogen (secondary N) is 1. The Kier molecular flexibility index (Phi) is 2.97. The van der Waals surface area contributed by atoms with Gasteiger partial charge in [-0.05, 0) is 43.0 Å². The number of nitrogens with zero attached hydrogens (tertiary/aromatic N) is 1. The Balaban J connectivity index is 2.18. The highest BCUT2D eigenvalue weighted by atomic mass is 19.3. The summed E-state index contributed by atoms with van der Waals surface area (Å²) in [6.07, 6.45) is 3.05. The Labute approximate surface area is 109 Å². The molecular formula is C14H14F2N2O. The van der Waals surface area contributed by atoms with E-state index in [2.05, 4.69) is 15.0 Å². The van der Waals surface area contributed by atoms with E-state index in [9.17, 15) is 8.78 Å². The van der Waals surface area contributed by atoms with Crippen molar-refractivity contribution in [2.45, 2.75) is 25.9 Å². The molecule has 0 spiro atoms. The number of hydrogen-bond acceptors (Lipinski definition) is 3. The van der Waals surface area contributed by atoms with Crippen molar-refractivity contribution >= 4 is 16.6 Å². The van der Waals surface area contributed by atoms with Crippen molar-refractivity contribution in [3.05, 3.63) is 29.5 Å². The van der Waals surface area contributed by atoms with E-state index < -0.39 is 6.61 Å². The number of aryl methyl sites for hydroxylation is 1. The van der Waals surface area contributed by atoms with Gasteiger partial charge in [0.2, 0.25) is 0 Å². The fourth-order valence-electron chi connectivity index (χ4n) is 2.70. The summed E-state index contributed by atoms with van der Waals surface area (Å²) in [7, 11) is 1.84. The first kappa shape index (κ1) is 12.1. The molecule has 0 fully saturated rings. The third-order valence-corrected chi connectivity index (χ3v) is 3.46. The molecule has 0 atom stereocenters. The van der Waals surface area contributed by atoms with E-state index in [1.54, 1.807) is 12.1 Å². The predicted molar refractivity (Wildman–Crippen MR) is 69.9 cm³/mol. The highest BCUT2D eigenvalue weighted by molar-refractivity contribution is 5.94. The van der Waals surface area contributed by atoms with Crippen LogP contribution < -0.4 is 10.1 Å². The van der Waals surface area contributed by atoms with Crippen molar-refractivity contribution < 1.29 is 13.5 Å². The molecule has 5 heteroatoms. The van der Waals surface area contributed by atoms with E-state index in [0.717, 1.165) is 41.5 Å². The molecule has 3 nitrogen and oxygen atoms in total. The lowest BCUT2D eigenvalue weighted by atomic mass is 10.1. The van der Waals surface area contributed by atoms with Crippen LogP contribution in [0.5, 0.6) is 5.75 Å². The average Bonchev–Trinajstić information content (AvgIpc) is 2.83. The smallest absolute Gasteiger partial charge is 0.387 e. The summed E-state index contributed by atoms with van der Waals surface area (Å²) in [5.74, 6) is 0.166. The maximum absolute atomic E-state index is 12.3. The van der Waals surface area contributed by atoms with Gasteiger partial charge in [0.15, 0.2) is 0 Å². The Morgan fingerprint density at radius 1 is 1.32 bits per heavy atom. The third-order valence-electron chi connectivity index (χ3n) is 3.46.